The van der Waals surface area contributed by atoms with E-state index in [1.54, 1.807) is 13.0 Å². The Labute approximate surface area is 74.9 Å². The third-order valence-electron chi connectivity index (χ3n) is 1.43. The third-order valence-corrected chi connectivity index (χ3v) is 1.43. The molecule has 0 aliphatic heterocycles. The first-order chi connectivity index (χ1) is 6.11. The van der Waals surface area contributed by atoms with Crippen molar-refractivity contribution in [2.45, 2.75) is 6.92 Å². The molecule has 13 heavy (non-hydrogen) atoms. The van der Waals surface area contributed by atoms with Crippen LogP contribution < -0.4 is 16.6 Å². The number of hydrogen-bond acceptors (Lipinski definition) is 2. The van der Waals surface area contributed by atoms with E-state index in [1.807, 2.05) is 5.43 Å². The average molecular weight is 183 g/mol. The second-order valence-corrected chi connectivity index (χ2v) is 2.62. The first-order valence-corrected chi connectivity index (χ1v) is 3.66. The van der Waals surface area contributed by atoms with Crippen LogP contribution in [-0.4, -0.2) is 6.03 Å². The van der Waals surface area contributed by atoms with Crippen LogP contribution in [0.5, 0.6) is 0 Å². The van der Waals surface area contributed by atoms with Crippen molar-refractivity contribution in [3.63, 3.8) is 0 Å². The van der Waals surface area contributed by atoms with Crippen molar-refractivity contribution >= 4 is 11.7 Å². The number of rotatable bonds is 1. The van der Waals surface area contributed by atoms with Crippen molar-refractivity contribution in [3.8, 4) is 0 Å². The van der Waals surface area contributed by atoms with Crippen LogP contribution in [0.3, 0.4) is 0 Å². The Kier molecular flexibility index (Phi) is 2.81. The van der Waals surface area contributed by atoms with Gasteiger partial charge in [0.1, 0.15) is 5.82 Å². The van der Waals surface area contributed by atoms with E-state index in [4.69, 9.17) is 5.84 Å². The summed E-state index contributed by atoms with van der Waals surface area (Å²) in [6.45, 7) is 1.73. The predicted molar refractivity (Wildman–Crippen MR) is 47.5 cm³/mol. The van der Waals surface area contributed by atoms with E-state index in [9.17, 15) is 9.18 Å². The molecule has 0 spiro atoms. The van der Waals surface area contributed by atoms with Gasteiger partial charge in [0, 0.05) is 5.69 Å². The molecule has 2 amide bonds. The number of amides is 2. The van der Waals surface area contributed by atoms with Crippen LogP contribution in [0.4, 0.5) is 14.9 Å². The number of benzene rings is 1. The highest BCUT2D eigenvalue weighted by atomic mass is 19.1. The van der Waals surface area contributed by atoms with Crippen molar-refractivity contribution in [1.29, 1.82) is 0 Å². The Morgan fingerprint density at radius 2 is 2.15 bits per heavy atom. The molecule has 0 radical (unpaired) electrons. The summed E-state index contributed by atoms with van der Waals surface area (Å²) in [5.41, 5.74) is 2.98. The molecule has 4 nitrogen and oxygen atoms in total. The summed E-state index contributed by atoms with van der Waals surface area (Å²) < 4.78 is 12.8. The minimum atomic E-state index is -0.579. The summed E-state index contributed by atoms with van der Waals surface area (Å²) in [7, 11) is 0. The van der Waals surface area contributed by atoms with E-state index < -0.39 is 11.8 Å². The van der Waals surface area contributed by atoms with E-state index in [1.165, 1.54) is 12.1 Å². The Morgan fingerprint density at radius 1 is 1.46 bits per heavy atom. The number of hydrogen-bond donors (Lipinski definition) is 3. The molecule has 0 saturated heterocycles. The minimum absolute atomic E-state index is 0.375. The molecule has 0 aliphatic carbocycles. The van der Waals surface area contributed by atoms with Gasteiger partial charge in [-0.2, -0.15) is 0 Å². The molecular weight excluding hydrogens is 173 g/mol. The standard InChI is InChI=1S/C8H10FN3O/c1-5-2-6(9)4-7(3-5)11-8(13)12-10/h2-4H,10H2,1H3,(H2,11,12,13). The summed E-state index contributed by atoms with van der Waals surface area (Å²) in [6.07, 6.45) is 0. The zero-order valence-corrected chi connectivity index (χ0v) is 7.10. The maximum absolute atomic E-state index is 12.8. The first kappa shape index (κ1) is 9.47. The zero-order valence-electron chi connectivity index (χ0n) is 7.10. The molecule has 0 saturated carbocycles. The monoisotopic (exact) mass is 183 g/mol. The Bertz CT molecular complexity index is 307. The average Bonchev–Trinajstić information content (AvgIpc) is 2.02. The second-order valence-electron chi connectivity index (χ2n) is 2.62. The molecule has 70 valence electrons. The number of urea groups is 1. The van der Waals surface area contributed by atoms with Crippen LogP contribution in [0.25, 0.3) is 0 Å². The molecule has 1 aromatic carbocycles. The Balaban J connectivity index is 2.83. The topological polar surface area (TPSA) is 67.2 Å². The minimum Gasteiger partial charge on any atom is -0.307 e. The Morgan fingerprint density at radius 3 is 2.69 bits per heavy atom. The van der Waals surface area contributed by atoms with E-state index in [-0.39, 0.29) is 0 Å². The number of nitrogens with two attached hydrogens (primary N) is 1. The summed E-state index contributed by atoms with van der Waals surface area (Å²) in [4.78, 5) is 10.7. The van der Waals surface area contributed by atoms with Crippen LogP contribution in [0.2, 0.25) is 0 Å². The highest BCUT2D eigenvalue weighted by Gasteiger charge is 2.01. The van der Waals surface area contributed by atoms with E-state index >= 15 is 0 Å². The van der Waals surface area contributed by atoms with Crippen molar-refractivity contribution in [2.75, 3.05) is 5.32 Å². The van der Waals surface area contributed by atoms with Gasteiger partial charge in [0.05, 0.1) is 0 Å². The summed E-state index contributed by atoms with van der Waals surface area (Å²) in [6, 6.07) is 3.64. The molecule has 0 unspecified atom stereocenters. The van der Waals surface area contributed by atoms with Gasteiger partial charge in [-0.05, 0) is 30.7 Å². The van der Waals surface area contributed by atoms with Gasteiger partial charge in [0.2, 0.25) is 0 Å². The third kappa shape index (κ3) is 2.72. The van der Waals surface area contributed by atoms with Crippen LogP contribution in [-0.2, 0) is 0 Å². The fourth-order valence-corrected chi connectivity index (χ4v) is 0.976. The Hall–Kier alpha value is -1.62. The highest BCUT2D eigenvalue weighted by molar-refractivity contribution is 5.88. The van der Waals surface area contributed by atoms with Gasteiger partial charge < -0.3 is 5.32 Å². The van der Waals surface area contributed by atoms with Crippen molar-refractivity contribution < 1.29 is 9.18 Å². The smallest absolute Gasteiger partial charge is 0.307 e. The molecule has 4 N–H and O–H groups in total. The summed E-state index contributed by atoms with van der Waals surface area (Å²) in [5, 5.41) is 2.36. The number of hydrazine groups is 1. The highest BCUT2D eigenvalue weighted by Crippen LogP contribution is 2.12. The van der Waals surface area contributed by atoms with Gasteiger partial charge >= 0.3 is 6.03 Å². The van der Waals surface area contributed by atoms with Crippen LogP contribution in [0.15, 0.2) is 18.2 Å². The van der Waals surface area contributed by atoms with Gasteiger partial charge in [0.25, 0.3) is 0 Å². The normalized spacial score (nSPS) is 9.46. The number of nitrogens with one attached hydrogen (secondary N) is 2. The van der Waals surface area contributed by atoms with Gasteiger partial charge in [-0.15, -0.1) is 0 Å². The van der Waals surface area contributed by atoms with Gasteiger partial charge in [-0.25, -0.2) is 15.0 Å². The lowest BCUT2D eigenvalue weighted by molar-refractivity contribution is 0.252. The second kappa shape index (κ2) is 3.86. The molecule has 0 bridgehead atoms. The van der Waals surface area contributed by atoms with Gasteiger partial charge in [-0.3, -0.25) is 5.43 Å². The lowest BCUT2D eigenvalue weighted by Gasteiger charge is -2.04. The SMILES string of the molecule is Cc1cc(F)cc(NC(=O)NN)c1. The number of carbonyl (C=O) groups excluding carboxylic acids is 1. The number of halogens is 1. The molecular formula is C8H10FN3O. The maximum atomic E-state index is 12.8. The van der Waals surface area contributed by atoms with Gasteiger partial charge in [0.15, 0.2) is 0 Å². The molecule has 1 rings (SSSR count). The lowest BCUT2D eigenvalue weighted by Crippen LogP contribution is -2.34. The molecule has 0 fully saturated rings. The van der Waals surface area contributed by atoms with Crippen molar-refractivity contribution in [1.82, 2.24) is 5.43 Å². The fraction of sp³-hybridized carbons (Fsp3) is 0.125. The van der Waals surface area contributed by atoms with Crippen LogP contribution in [0.1, 0.15) is 5.56 Å². The maximum Gasteiger partial charge on any atom is 0.333 e. The van der Waals surface area contributed by atoms with E-state index in [0.29, 0.717) is 5.69 Å². The summed E-state index contributed by atoms with van der Waals surface area (Å²) >= 11 is 0. The molecule has 1 aromatic rings. The van der Waals surface area contributed by atoms with Crippen LogP contribution >= 0.6 is 0 Å². The predicted octanol–water partition coefficient (Wildman–Crippen LogP) is 1.13. The molecule has 0 aliphatic rings. The number of aryl methyl sites for hydroxylation is 1. The lowest BCUT2D eigenvalue weighted by atomic mass is 10.2. The van der Waals surface area contributed by atoms with E-state index in [0.717, 1.165) is 5.56 Å². The van der Waals surface area contributed by atoms with Crippen LogP contribution in [0, 0.1) is 12.7 Å². The first-order valence-electron chi connectivity index (χ1n) is 3.66. The zero-order chi connectivity index (χ0) is 9.84. The fourth-order valence-electron chi connectivity index (χ4n) is 0.976. The van der Waals surface area contributed by atoms with Crippen molar-refractivity contribution in [2.24, 2.45) is 5.84 Å². The molecule has 5 heteroatoms. The summed E-state index contributed by atoms with van der Waals surface area (Å²) in [5.74, 6) is 4.44. The largest absolute Gasteiger partial charge is 0.333 e. The number of carbonyl (C=O) groups is 1. The van der Waals surface area contributed by atoms with E-state index in [2.05, 4.69) is 5.32 Å². The molecule has 0 atom stereocenters. The quantitative estimate of drug-likeness (QED) is 0.347. The van der Waals surface area contributed by atoms with Crippen molar-refractivity contribution in [3.05, 3.63) is 29.6 Å². The number of anilines is 1. The van der Waals surface area contributed by atoms with Gasteiger partial charge in [-0.1, -0.05) is 0 Å². The molecule has 0 aromatic heterocycles. The molecule has 0 heterocycles.